The predicted octanol–water partition coefficient (Wildman–Crippen LogP) is 2.10. The van der Waals surface area contributed by atoms with Crippen molar-refractivity contribution in [1.82, 2.24) is 30.0 Å². The molecule has 1 aliphatic carbocycles. The largest absolute Gasteiger partial charge is 0.332 e. The molecule has 2 aliphatic heterocycles. The first-order valence-corrected chi connectivity index (χ1v) is 10.1. The molecule has 0 spiro atoms. The molecular formula is C20H26N6O. The van der Waals surface area contributed by atoms with Gasteiger partial charge in [-0.2, -0.15) is 5.10 Å². The van der Waals surface area contributed by atoms with Gasteiger partial charge < -0.3 is 10.2 Å². The molecule has 27 heavy (non-hydrogen) atoms. The van der Waals surface area contributed by atoms with Gasteiger partial charge in [0.25, 0.3) is 5.91 Å². The molecule has 3 aliphatic rings. The minimum Gasteiger partial charge on any atom is -0.332 e. The van der Waals surface area contributed by atoms with E-state index in [1.807, 2.05) is 24.2 Å². The number of fused-ring (bicyclic) bond motifs is 1. The maximum atomic E-state index is 13.0. The molecule has 1 saturated heterocycles. The van der Waals surface area contributed by atoms with Gasteiger partial charge in [0.1, 0.15) is 11.5 Å². The molecule has 1 amide bonds. The zero-order chi connectivity index (χ0) is 18.4. The number of hydrogen-bond donors (Lipinski definition) is 1. The van der Waals surface area contributed by atoms with Crippen LogP contribution in [0, 0.1) is 0 Å². The molecule has 2 aromatic rings. The molecule has 2 aromatic heterocycles. The average Bonchev–Trinajstić information content (AvgIpc) is 3.49. The lowest BCUT2D eigenvalue weighted by molar-refractivity contribution is 0.0722. The van der Waals surface area contributed by atoms with Crippen molar-refractivity contribution >= 4 is 5.91 Å². The lowest BCUT2D eigenvalue weighted by Gasteiger charge is -2.29. The fourth-order valence-corrected chi connectivity index (χ4v) is 4.18. The molecule has 0 aromatic carbocycles. The Hall–Kier alpha value is -2.28. The van der Waals surface area contributed by atoms with E-state index >= 15 is 0 Å². The molecule has 2 fully saturated rings. The lowest BCUT2D eigenvalue weighted by atomic mass is 10.0. The van der Waals surface area contributed by atoms with Crippen molar-refractivity contribution in [3.63, 3.8) is 0 Å². The third-order valence-corrected chi connectivity index (χ3v) is 5.98. The molecule has 1 atom stereocenters. The molecule has 7 heteroatoms. The summed E-state index contributed by atoms with van der Waals surface area (Å²) >= 11 is 0. The normalized spacial score (nSPS) is 22.6. The van der Waals surface area contributed by atoms with Crippen molar-refractivity contribution in [2.24, 2.45) is 7.05 Å². The summed E-state index contributed by atoms with van der Waals surface area (Å²) < 4.78 is 1.74. The minimum atomic E-state index is 0.0561. The van der Waals surface area contributed by atoms with Gasteiger partial charge in [0.2, 0.25) is 0 Å². The zero-order valence-electron chi connectivity index (χ0n) is 15.8. The smallest absolute Gasteiger partial charge is 0.272 e. The summed E-state index contributed by atoms with van der Waals surface area (Å²) in [5.41, 5.74) is 3.91. The van der Waals surface area contributed by atoms with E-state index in [-0.39, 0.29) is 11.9 Å². The number of rotatable bonds is 3. The first-order chi connectivity index (χ1) is 13.2. The highest BCUT2D eigenvalue weighted by Gasteiger charge is 2.30. The number of carbonyl (C=O) groups excluding carboxylic acids is 1. The van der Waals surface area contributed by atoms with Crippen LogP contribution in [0.4, 0.5) is 0 Å². The first-order valence-electron chi connectivity index (χ1n) is 10.1. The van der Waals surface area contributed by atoms with E-state index in [2.05, 4.69) is 15.4 Å². The van der Waals surface area contributed by atoms with Crippen LogP contribution in [0.15, 0.2) is 12.3 Å². The van der Waals surface area contributed by atoms with Crippen LogP contribution in [0.2, 0.25) is 0 Å². The fraction of sp³-hybridized carbons (Fsp3) is 0.600. The topological polar surface area (TPSA) is 75.9 Å². The van der Waals surface area contributed by atoms with Gasteiger partial charge in [-0.15, -0.1) is 0 Å². The minimum absolute atomic E-state index is 0.0561. The Bertz CT molecular complexity index is 865. The molecule has 7 nitrogen and oxygen atoms in total. The summed E-state index contributed by atoms with van der Waals surface area (Å²) in [7, 11) is 1.86. The van der Waals surface area contributed by atoms with Gasteiger partial charge in [0.15, 0.2) is 0 Å². The molecule has 4 heterocycles. The predicted molar refractivity (Wildman–Crippen MR) is 100 cm³/mol. The van der Waals surface area contributed by atoms with E-state index in [4.69, 9.17) is 4.98 Å². The number of aromatic nitrogens is 4. The number of piperidine rings is 1. The van der Waals surface area contributed by atoms with Crippen LogP contribution >= 0.6 is 0 Å². The maximum Gasteiger partial charge on any atom is 0.272 e. The summed E-state index contributed by atoms with van der Waals surface area (Å²) in [6, 6.07) is 2.25. The van der Waals surface area contributed by atoms with Crippen molar-refractivity contribution < 1.29 is 4.79 Å². The van der Waals surface area contributed by atoms with Gasteiger partial charge in [-0.25, -0.2) is 9.97 Å². The van der Waals surface area contributed by atoms with Crippen LogP contribution in [0.3, 0.4) is 0 Å². The Kier molecular flexibility index (Phi) is 4.19. The van der Waals surface area contributed by atoms with Crippen molar-refractivity contribution in [3.8, 4) is 0 Å². The molecule has 0 bridgehead atoms. The van der Waals surface area contributed by atoms with E-state index in [9.17, 15) is 4.79 Å². The maximum absolute atomic E-state index is 13.0. The second-order valence-electron chi connectivity index (χ2n) is 8.03. The van der Waals surface area contributed by atoms with Crippen LogP contribution in [-0.2, 0) is 20.0 Å². The van der Waals surface area contributed by atoms with Crippen molar-refractivity contribution in [2.45, 2.75) is 57.0 Å². The zero-order valence-corrected chi connectivity index (χ0v) is 15.8. The van der Waals surface area contributed by atoms with Crippen LogP contribution in [0.1, 0.15) is 77.3 Å². The van der Waals surface area contributed by atoms with Gasteiger partial charge in [0, 0.05) is 44.2 Å². The summed E-state index contributed by atoms with van der Waals surface area (Å²) in [6.07, 6.45) is 8.66. The molecule has 1 saturated carbocycles. The molecule has 5 rings (SSSR count). The standard InChI is InChI=1S/C20H26N6O/c1-25-18(10-17(24-25)13-5-6-13)20(27)26-9-7-15-14(12-26)11-22-19(23-15)16-4-2-3-8-21-16/h10-11,13,16,21H,2-9,12H2,1H3. The van der Waals surface area contributed by atoms with E-state index in [1.165, 1.54) is 25.7 Å². The summed E-state index contributed by atoms with van der Waals surface area (Å²) in [4.78, 5) is 24.3. The Morgan fingerprint density at radius 2 is 2.15 bits per heavy atom. The number of hydrogen-bond acceptors (Lipinski definition) is 5. The summed E-state index contributed by atoms with van der Waals surface area (Å²) in [6.45, 7) is 2.32. The quantitative estimate of drug-likeness (QED) is 0.900. The van der Waals surface area contributed by atoms with E-state index in [0.717, 1.165) is 42.2 Å². The highest BCUT2D eigenvalue weighted by atomic mass is 16.2. The number of nitrogens with one attached hydrogen (secondary N) is 1. The number of nitrogens with zero attached hydrogens (tertiary/aromatic N) is 5. The first kappa shape index (κ1) is 16.9. The van der Waals surface area contributed by atoms with Crippen molar-refractivity contribution in [1.29, 1.82) is 0 Å². The summed E-state index contributed by atoms with van der Waals surface area (Å²) in [5, 5.41) is 8.05. The molecule has 1 unspecified atom stereocenters. The van der Waals surface area contributed by atoms with Crippen molar-refractivity contribution in [3.05, 3.63) is 40.7 Å². The highest BCUT2D eigenvalue weighted by molar-refractivity contribution is 5.92. The van der Waals surface area contributed by atoms with Crippen LogP contribution in [0.25, 0.3) is 0 Å². The summed E-state index contributed by atoms with van der Waals surface area (Å²) in [5.74, 6) is 1.52. The molecular weight excluding hydrogens is 340 g/mol. The number of aryl methyl sites for hydroxylation is 1. The monoisotopic (exact) mass is 366 g/mol. The lowest BCUT2D eigenvalue weighted by Crippen LogP contribution is -2.38. The van der Waals surface area contributed by atoms with Crippen LogP contribution < -0.4 is 5.32 Å². The van der Waals surface area contributed by atoms with Gasteiger partial charge in [-0.05, 0) is 38.3 Å². The van der Waals surface area contributed by atoms with Crippen LogP contribution in [-0.4, -0.2) is 43.6 Å². The van der Waals surface area contributed by atoms with E-state index in [0.29, 0.717) is 24.7 Å². The van der Waals surface area contributed by atoms with Gasteiger partial charge in [0.05, 0.1) is 17.4 Å². The molecule has 0 radical (unpaired) electrons. The van der Waals surface area contributed by atoms with Gasteiger partial charge in [-0.3, -0.25) is 9.48 Å². The average molecular weight is 366 g/mol. The fourth-order valence-electron chi connectivity index (χ4n) is 4.18. The van der Waals surface area contributed by atoms with E-state index < -0.39 is 0 Å². The van der Waals surface area contributed by atoms with Crippen molar-refractivity contribution in [2.75, 3.05) is 13.1 Å². The Balaban J connectivity index is 1.32. The third kappa shape index (κ3) is 3.25. The Morgan fingerprint density at radius 3 is 2.93 bits per heavy atom. The second kappa shape index (κ2) is 6.71. The van der Waals surface area contributed by atoms with Crippen LogP contribution in [0.5, 0.6) is 0 Å². The number of amides is 1. The van der Waals surface area contributed by atoms with E-state index in [1.54, 1.807) is 4.68 Å². The SMILES string of the molecule is Cn1nc(C2CC2)cc1C(=O)N1CCc2nc(C3CCCCN3)ncc2C1. The Labute approximate surface area is 159 Å². The Morgan fingerprint density at radius 1 is 1.26 bits per heavy atom. The second-order valence-corrected chi connectivity index (χ2v) is 8.03. The van der Waals surface area contributed by atoms with Gasteiger partial charge >= 0.3 is 0 Å². The third-order valence-electron chi connectivity index (χ3n) is 5.98. The number of carbonyl (C=O) groups is 1. The highest BCUT2D eigenvalue weighted by Crippen LogP contribution is 2.39. The van der Waals surface area contributed by atoms with Gasteiger partial charge in [-0.1, -0.05) is 6.42 Å². The molecule has 142 valence electrons. The molecule has 1 N–H and O–H groups in total.